The van der Waals surface area contributed by atoms with E-state index in [1.807, 2.05) is 12.1 Å². The number of aryl methyl sites for hydroxylation is 1. The zero-order valence-corrected chi connectivity index (χ0v) is 13.6. The molecule has 2 heterocycles. The van der Waals surface area contributed by atoms with Crippen LogP contribution in [0.3, 0.4) is 0 Å². The molecule has 0 saturated heterocycles. The number of hydrogen-bond acceptors (Lipinski definition) is 5. The lowest BCUT2D eigenvalue weighted by Gasteiger charge is -2.23. The van der Waals surface area contributed by atoms with Gasteiger partial charge in [-0.2, -0.15) is 5.26 Å². The maximum absolute atomic E-state index is 12.5. The van der Waals surface area contributed by atoms with Gasteiger partial charge >= 0.3 is 5.97 Å². The van der Waals surface area contributed by atoms with E-state index in [1.54, 1.807) is 12.1 Å². The molecule has 1 aromatic heterocycles. The van der Waals surface area contributed by atoms with Crippen LogP contribution >= 0.6 is 11.3 Å². The summed E-state index contributed by atoms with van der Waals surface area (Å²) in [6.07, 6.45) is 2.38. The third kappa shape index (κ3) is 2.38. The lowest BCUT2D eigenvalue weighted by atomic mass is 9.98. The third-order valence-electron chi connectivity index (χ3n) is 4.45. The SMILES string of the molecule is N#Cc1c(NC(=O)[C@H]2Cc3ccccc3C(=O)O2)sc2c1CCC2. The maximum atomic E-state index is 12.5. The molecule has 1 aromatic carbocycles. The fourth-order valence-corrected chi connectivity index (χ4v) is 4.52. The minimum Gasteiger partial charge on any atom is -0.448 e. The van der Waals surface area contributed by atoms with Gasteiger partial charge in [-0.1, -0.05) is 18.2 Å². The van der Waals surface area contributed by atoms with Gasteiger partial charge in [-0.3, -0.25) is 4.79 Å². The van der Waals surface area contributed by atoms with Crippen LogP contribution in [0.1, 0.15) is 38.3 Å². The molecule has 0 saturated carbocycles. The van der Waals surface area contributed by atoms with E-state index in [0.29, 0.717) is 22.5 Å². The van der Waals surface area contributed by atoms with E-state index in [2.05, 4.69) is 11.4 Å². The van der Waals surface area contributed by atoms with Crippen LogP contribution in [-0.2, 0) is 28.8 Å². The molecule has 24 heavy (non-hydrogen) atoms. The Labute approximate surface area is 142 Å². The molecule has 4 rings (SSSR count). The Morgan fingerprint density at radius 3 is 3.00 bits per heavy atom. The van der Waals surface area contributed by atoms with Gasteiger partial charge in [0, 0.05) is 11.3 Å². The first-order valence-corrected chi connectivity index (χ1v) is 8.63. The predicted molar refractivity (Wildman–Crippen MR) is 89.0 cm³/mol. The van der Waals surface area contributed by atoms with Crippen molar-refractivity contribution in [3.63, 3.8) is 0 Å². The number of carbonyl (C=O) groups is 2. The third-order valence-corrected chi connectivity index (χ3v) is 5.66. The number of esters is 1. The number of carbonyl (C=O) groups excluding carboxylic acids is 2. The number of nitrogens with zero attached hydrogens (tertiary/aromatic N) is 1. The van der Waals surface area contributed by atoms with Gasteiger partial charge in [0.1, 0.15) is 11.1 Å². The highest BCUT2D eigenvalue weighted by molar-refractivity contribution is 7.16. The van der Waals surface area contributed by atoms with Gasteiger partial charge < -0.3 is 10.1 Å². The highest BCUT2D eigenvalue weighted by Crippen LogP contribution is 2.38. The van der Waals surface area contributed by atoms with Crippen molar-refractivity contribution >= 4 is 28.2 Å². The fourth-order valence-electron chi connectivity index (χ4n) is 3.28. The number of ether oxygens (including phenoxy) is 1. The summed E-state index contributed by atoms with van der Waals surface area (Å²) in [5.74, 6) is -0.861. The average Bonchev–Trinajstić information content (AvgIpc) is 3.15. The summed E-state index contributed by atoms with van der Waals surface area (Å²) in [5, 5.41) is 12.8. The van der Waals surface area contributed by atoms with Crippen molar-refractivity contribution in [3.8, 4) is 6.07 Å². The largest absolute Gasteiger partial charge is 0.448 e. The van der Waals surface area contributed by atoms with Crippen LogP contribution in [0.15, 0.2) is 24.3 Å². The van der Waals surface area contributed by atoms with Gasteiger partial charge in [0.25, 0.3) is 5.91 Å². The summed E-state index contributed by atoms with van der Waals surface area (Å²) in [7, 11) is 0. The van der Waals surface area contributed by atoms with Crippen molar-refractivity contribution in [1.82, 2.24) is 0 Å². The predicted octanol–water partition coefficient (Wildman–Crippen LogP) is 2.83. The minimum atomic E-state index is -0.865. The first-order valence-electron chi connectivity index (χ1n) is 7.81. The van der Waals surface area contributed by atoms with Crippen molar-refractivity contribution in [2.24, 2.45) is 0 Å². The van der Waals surface area contributed by atoms with E-state index >= 15 is 0 Å². The standard InChI is InChI=1S/C18H14N2O3S/c19-9-13-12-6-3-7-15(12)24-17(13)20-16(21)14-8-10-4-1-2-5-11(10)18(22)23-14/h1-2,4-5,14H,3,6-8H2,(H,20,21)/t14-/m1/s1. The molecule has 0 radical (unpaired) electrons. The normalized spacial score (nSPS) is 18.3. The number of fused-ring (bicyclic) bond motifs is 2. The molecule has 2 aliphatic rings. The molecule has 1 aliphatic heterocycles. The van der Waals surface area contributed by atoms with E-state index < -0.39 is 12.1 Å². The van der Waals surface area contributed by atoms with Crippen LogP contribution in [0.4, 0.5) is 5.00 Å². The number of thiophene rings is 1. The van der Waals surface area contributed by atoms with Crippen LogP contribution in [0.25, 0.3) is 0 Å². The van der Waals surface area contributed by atoms with Crippen LogP contribution < -0.4 is 5.32 Å². The smallest absolute Gasteiger partial charge is 0.339 e. The van der Waals surface area contributed by atoms with Gasteiger partial charge in [0.15, 0.2) is 6.10 Å². The Morgan fingerprint density at radius 2 is 2.17 bits per heavy atom. The quantitative estimate of drug-likeness (QED) is 0.854. The van der Waals surface area contributed by atoms with Gasteiger partial charge in [-0.25, -0.2) is 4.79 Å². The van der Waals surface area contributed by atoms with Crippen molar-refractivity contribution in [1.29, 1.82) is 5.26 Å². The van der Waals surface area contributed by atoms with Crippen LogP contribution in [0.5, 0.6) is 0 Å². The van der Waals surface area contributed by atoms with Gasteiger partial charge in [0.05, 0.1) is 11.1 Å². The number of hydrogen-bond donors (Lipinski definition) is 1. The highest BCUT2D eigenvalue weighted by atomic mass is 32.1. The van der Waals surface area contributed by atoms with E-state index in [-0.39, 0.29) is 5.91 Å². The summed E-state index contributed by atoms with van der Waals surface area (Å²) in [5.41, 5.74) is 2.93. The molecule has 0 spiro atoms. The maximum Gasteiger partial charge on any atom is 0.339 e. The molecule has 0 unspecified atom stereocenters. The van der Waals surface area contributed by atoms with Gasteiger partial charge in [-0.15, -0.1) is 11.3 Å². The highest BCUT2D eigenvalue weighted by Gasteiger charge is 2.32. The van der Waals surface area contributed by atoms with E-state index in [1.165, 1.54) is 16.2 Å². The molecule has 1 aliphatic carbocycles. The Bertz CT molecular complexity index is 894. The molecule has 6 heteroatoms. The average molecular weight is 338 g/mol. The fraction of sp³-hybridized carbons (Fsp3) is 0.278. The zero-order valence-electron chi connectivity index (χ0n) is 12.8. The van der Waals surface area contributed by atoms with Crippen molar-refractivity contribution in [2.45, 2.75) is 31.8 Å². The van der Waals surface area contributed by atoms with E-state index in [4.69, 9.17) is 4.74 Å². The topological polar surface area (TPSA) is 79.2 Å². The van der Waals surface area contributed by atoms with Crippen molar-refractivity contribution in [3.05, 3.63) is 51.4 Å². The van der Waals surface area contributed by atoms with Crippen LogP contribution in [0.2, 0.25) is 0 Å². The monoisotopic (exact) mass is 338 g/mol. The first-order chi connectivity index (χ1) is 11.7. The molecule has 1 N–H and O–H groups in total. The second-order valence-electron chi connectivity index (χ2n) is 5.92. The van der Waals surface area contributed by atoms with Crippen LogP contribution in [-0.4, -0.2) is 18.0 Å². The van der Waals surface area contributed by atoms with Crippen molar-refractivity contribution < 1.29 is 14.3 Å². The number of anilines is 1. The van der Waals surface area contributed by atoms with Crippen molar-refractivity contribution in [2.75, 3.05) is 5.32 Å². The summed E-state index contributed by atoms with van der Waals surface area (Å²) in [6, 6.07) is 9.33. The van der Waals surface area contributed by atoms with Gasteiger partial charge in [-0.05, 0) is 36.5 Å². The molecule has 120 valence electrons. The number of nitriles is 1. The minimum absolute atomic E-state index is 0.348. The molecule has 2 aromatic rings. The Hall–Kier alpha value is -2.65. The molecule has 1 atom stereocenters. The number of benzene rings is 1. The summed E-state index contributed by atoms with van der Waals surface area (Å²) < 4.78 is 5.27. The Kier molecular flexibility index (Phi) is 3.58. The van der Waals surface area contributed by atoms with Crippen LogP contribution in [0, 0.1) is 11.3 Å². The number of amides is 1. The molecule has 0 bridgehead atoms. The van der Waals surface area contributed by atoms with E-state index in [0.717, 1.165) is 30.4 Å². The van der Waals surface area contributed by atoms with E-state index in [9.17, 15) is 14.9 Å². The number of rotatable bonds is 2. The lowest BCUT2D eigenvalue weighted by molar-refractivity contribution is -0.125. The Morgan fingerprint density at radius 1 is 1.33 bits per heavy atom. The van der Waals surface area contributed by atoms with Gasteiger partial charge in [0.2, 0.25) is 0 Å². The molecular weight excluding hydrogens is 324 g/mol. The lowest BCUT2D eigenvalue weighted by Crippen LogP contribution is -2.37. The summed E-state index contributed by atoms with van der Waals surface area (Å²) in [4.78, 5) is 25.7. The first kappa shape index (κ1) is 14.9. The molecule has 5 nitrogen and oxygen atoms in total. The summed E-state index contributed by atoms with van der Waals surface area (Å²) >= 11 is 1.46. The number of cyclic esters (lactones) is 1. The number of nitrogens with one attached hydrogen (secondary N) is 1. The molecule has 1 amide bonds. The molecule has 0 fully saturated rings. The zero-order chi connectivity index (χ0) is 16.7. The summed E-state index contributed by atoms with van der Waals surface area (Å²) in [6.45, 7) is 0. The Balaban J connectivity index is 1.56. The second kappa shape index (κ2) is 5.77. The molecular formula is C18H14N2O3S. The second-order valence-corrected chi connectivity index (χ2v) is 7.02.